The molecule has 0 fully saturated rings. The molecule has 0 spiro atoms. The summed E-state index contributed by atoms with van der Waals surface area (Å²) in [6.45, 7) is 2.92. The van der Waals surface area contributed by atoms with Crippen LogP contribution in [-0.4, -0.2) is 54.7 Å². The first kappa shape index (κ1) is 17.0. The van der Waals surface area contributed by atoms with Crippen molar-refractivity contribution in [3.05, 3.63) is 53.6 Å². The number of hydrogen-bond donors (Lipinski definition) is 2. The molecule has 0 aliphatic carbocycles. The molecule has 1 amide bonds. The number of aryl methyl sites for hydroxylation is 1. The zero-order valence-corrected chi connectivity index (χ0v) is 14.8. The van der Waals surface area contributed by atoms with Gasteiger partial charge in [-0.2, -0.15) is 5.10 Å². The summed E-state index contributed by atoms with van der Waals surface area (Å²) in [5.41, 5.74) is 3.78. The molecule has 3 aromatic heterocycles. The summed E-state index contributed by atoms with van der Waals surface area (Å²) in [4.78, 5) is 32.8. The number of aromatic carboxylic acids is 1. The number of aromatic amines is 1. The molecule has 0 atom stereocenters. The molecule has 8 nitrogen and oxygen atoms in total. The summed E-state index contributed by atoms with van der Waals surface area (Å²) in [7, 11) is 0. The molecule has 0 bridgehead atoms. The molecule has 0 radical (unpaired) electrons. The number of nitrogens with one attached hydrogen (secondary N) is 1. The molecule has 3 aromatic rings. The lowest BCUT2D eigenvalue weighted by molar-refractivity contribution is -0.131. The van der Waals surface area contributed by atoms with Gasteiger partial charge in [0, 0.05) is 42.1 Å². The van der Waals surface area contributed by atoms with Gasteiger partial charge in [0.2, 0.25) is 5.91 Å². The van der Waals surface area contributed by atoms with Gasteiger partial charge in [-0.05, 0) is 37.1 Å². The van der Waals surface area contributed by atoms with Gasteiger partial charge in [0.25, 0.3) is 0 Å². The lowest BCUT2D eigenvalue weighted by Gasteiger charge is -2.26. The minimum absolute atomic E-state index is 0.0410. The normalized spacial score (nSPS) is 14.4. The van der Waals surface area contributed by atoms with Gasteiger partial charge in [0.05, 0.1) is 0 Å². The summed E-state index contributed by atoms with van der Waals surface area (Å²) < 4.78 is 1.44. The second kappa shape index (κ2) is 6.71. The third-order valence-corrected chi connectivity index (χ3v) is 4.84. The van der Waals surface area contributed by atoms with Crippen molar-refractivity contribution in [1.29, 1.82) is 0 Å². The number of carbonyl (C=O) groups is 2. The average Bonchev–Trinajstić information content (AvgIpc) is 3.26. The highest BCUT2D eigenvalue weighted by atomic mass is 16.4. The smallest absolute Gasteiger partial charge is 0.356 e. The number of rotatable bonds is 4. The van der Waals surface area contributed by atoms with Crippen molar-refractivity contribution in [3.8, 4) is 0 Å². The number of hydrogen-bond acceptors (Lipinski definition) is 4. The third kappa shape index (κ3) is 3.21. The average molecular weight is 365 g/mol. The summed E-state index contributed by atoms with van der Waals surface area (Å²) in [5, 5.41) is 14.1. The molecule has 0 saturated carbocycles. The molecular formula is C19H19N5O3. The van der Waals surface area contributed by atoms with Crippen molar-refractivity contribution in [3.63, 3.8) is 0 Å². The maximum atomic E-state index is 12.6. The topological polar surface area (TPSA) is 104 Å². The van der Waals surface area contributed by atoms with Crippen LogP contribution in [0.1, 0.15) is 28.2 Å². The first-order valence-corrected chi connectivity index (χ1v) is 8.70. The second-order valence-corrected chi connectivity index (χ2v) is 6.55. The highest BCUT2D eigenvalue weighted by molar-refractivity contribution is 5.91. The molecule has 2 N–H and O–H groups in total. The van der Waals surface area contributed by atoms with Gasteiger partial charge in [-0.15, -0.1) is 0 Å². The Kier molecular flexibility index (Phi) is 4.23. The van der Waals surface area contributed by atoms with Crippen LogP contribution in [0.3, 0.4) is 0 Å². The van der Waals surface area contributed by atoms with E-state index >= 15 is 0 Å². The van der Waals surface area contributed by atoms with Crippen molar-refractivity contribution in [2.24, 2.45) is 0 Å². The molecule has 1 aliphatic heterocycles. The second-order valence-electron chi connectivity index (χ2n) is 6.55. The first-order chi connectivity index (χ1) is 13.0. The van der Waals surface area contributed by atoms with Crippen LogP contribution in [0.15, 0.2) is 36.7 Å². The van der Waals surface area contributed by atoms with E-state index in [-0.39, 0.29) is 18.1 Å². The Balaban J connectivity index is 1.47. The zero-order valence-electron chi connectivity index (χ0n) is 14.8. The van der Waals surface area contributed by atoms with Crippen LogP contribution in [0, 0.1) is 6.92 Å². The van der Waals surface area contributed by atoms with Crippen molar-refractivity contribution in [2.45, 2.75) is 19.9 Å². The quantitative estimate of drug-likeness (QED) is 0.737. The van der Waals surface area contributed by atoms with Gasteiger partial charge in [-0.25, -0.2) is 9.78 Å². The van der Waals surface area contributed by atoms with E-state index in [0.717, 1.165) is 23.0 Å². The molecule has 0 saturated heterocycles. The molecule has 138 valence electrons. The van der Waals surface area contributed by atoms with E-state index in [1.54, 1.807) is 18.0 Å². The molecule has 4 rings (SSSR count). The van der Waals surface area contributed by atoms with Gasteiger partial charge < -0.3 is 15.0 Å². The Morgan fingerprint density at radius 2 is 2.22 bits per heavy atom. The summed E-state index contributed by atoms with van der Waals surface area (Å²) in [5.74, 6) is -1.17. The maximum absolute atomic E-state index is 12.6. The van der Waals surface area contributed by atoms with E-state index in [0.29, 0.717) is 18.8 Å². The van der Waals surface area contributed by atoms with Crippen LogP contribution in [0.4, 0.5) is 0 Å². The number of aromatic nitrogens is 4. The lowest BCUT2D eigenvalue weighted by Crippen LogP contribution is -2.37. The molecule has 1 aliphatic rings. The van der Waals surface area contributed by atoms with Gasteiger partial charge >= 0.3 is 5.97 Å². The number of H-pyrrole nitrogens is 1. The Hall–Kier alpha value is -3.42. The minimum atomic E-state index is -1.09. The summed E-state index contributed by atoms with van der Waals surface area (Å²) >= 11 is 0. The van der Waals surface area contributed by atoms with Crippen molar-refractivity contribution in [1.82, 2.24) is 24.6 Å². The summed E-state index contributed by atoms with van der Waals surface area (Å²) in [6, 6.07) is 5.42. The Morgan fingerprint density at radius 3 is 2.93 bits per heavy atom. The number of amides is 1. The van der Waals surface area contributed by atoms with E-state index in [1.165, 1.54) is 16.3 Å². The monoisotopic (exact) mass is 365 g/mol. The highest BCUT2D eigenvalue weighted by Gasteiger charge is 2.21. The van der Waals surface area contributed by atoms with Gasteiger partial charge in [0.1, 0.15) is 12.2 Å². The minimum Gasteiger partial charge on any atom is -0.476 e. The first-order valence-electron chi connectivity index (χ1n) is 8.70. The number of carboxylic acid groups (broad SMARTS) is 1. The fourth-order valence-electron chi connectivity index (χ4n) is 3.36. The molecule has 27 heavy (non-hydrogen) atoms. The Labute approximate surface area is 155 Å². The largest absolute Gasteiger partial charge is 0.476 e. The van der Waals surface area contributed by atoms with E-state index < -0.39 is 5.97 Å². The van der Waals surface area contributed by atoms with Crippen molar-refractivity contribution in [2.75, 3.05) is 13.1 Å². The highest BCUT2D eigenvalue weighted by Crippen LogP contribution is 2.28. The SMILES string of the molecule is Cc1cc(C(=O)O)nn1CC(=O)N1CC=C(c2c[nH]c3ncccc23)CC1. The molecule has 4 heterocycles. The fraction of sp³-hybridized carbons (Fsp3) is 0.263. The predicted molar refractivity (Wildman–Crippen MR) is 99.2 cm³/mol. The number of pyridine rings is 1. The van der Waals surface area contributed by atoms with E-state index in [2.05, 4.69) is 21.1 Å². The van der Waals surface area contributed by atoms with Crippen LogP contribution < -0.4 is 0 Å². The van der Waals surface area contributed by atoms with Crippen LogP contribution in [0.2, 0.25) is 0 Å². The summed E-state index contributed by atoms with van der Waals surface area (Å²) in [6.07, 6.45) is 6.54. The van der Waals surface area contributed by atoms with Crippen LogP contribution in [0.25, 0.3) is 16.6 Å². The molecule has 8 heteroatoms. The van der Waals surface area contributed by atoms with E-state index in [9.17, 15) is 9.59 Å². The fourth-order valence-corrected chi connectivity index (χ4v) is 3.36. The van der Waals surface area contributed by atoms with E-state index in [1.807, 2.05) is 18.3 Å². The number of carboxylic acids is 1. The van der Waals surface area contributed by atoms with Crippen LogP contribution in [0.5, 0.6) is 0 Å². The zero-order chi connectivity index (χ0) is 19.0. The van der Waals surface area contributed by atoms with Gasteiger partial charge in [-0.3, -0.25) is 9.48 Å². The number of fused-ring (bicyclic) bond motifs is 1. The number of carbonyl (C=O) groups excluding carboxylic acids is 1. The maximum Gasteiger partial charge on any atom is 0.356 e. The number of nitrogens with zero attached hydrogens (tertiary/aromatic N) is 4. The van der Waals surface area contributed by atoms with Gasteiger partial charge in [-0.1, -0.05) is 6.08 Å². The van der Waals surface area contributed by atoms with E-state index in [4.69, 9.17) is 5.11 Å². The van der Waals surface area contributed by atoms with Crippen molar-refractivity contribution >= 4 is 28.5 Å². The predicted octanol–water partition coefficient (Wildman–Crippen LogP) is 2.08. The Bertz CT molecular complexity index is 1060. The molecular weight excluding hydrogens is 346 g/mol. The van der Waals surface area contributed by atoms with Gasteiger partial charge in [0.15, 0.2) is 5.69 Å². The lowest BCUT2D eigenvalue weighted by atomic mass is 9.99. The van der Waals surface area contributed by atoms with Crippen LogP contribution in [-0.2, 0) is 11.3 Å². The van der Waals surface area contributed by atoms with Crippen LogP contribution >= 0.6 is 0 Å². The molecule has 0 unspecified atom stereocenters. The Morgan fingerprint density at radius 1 is 1.37 bits per heavy atom. The van der Waals surface area contributed by atoms with Crippen molar-refractivity contribution < 1.29 is 14.7 Å². The third-order valence-electron chi connectivity index (χ3n) is 4.84. The standard InChI is InChI=1S/C19H19N5O3/c1-12-9-16(19(26)27)22-24(12)11-17(25)23-7-4-13(5-8-23)15-10-21-18-14(15)3-2-6-20-18/h2-4,6,9-10H,5,7-8,11H2,1H3,(H,20,21)(H,26,27). The molecule has 0 aromatic carbocycles.